The van der Waals surface area contributed by atoms with Crippen molar-refractivity contribution in [3.05, 3.63) is 17.0 Å². The van der Waals surface area contributed by atoms with Crippen LogP contribution in [0.3, 0.4) is 0 Å². The molecule has 0 fully saturated rings. The fourth-order valence-electron chi connectivity index (χ4n) is 1.17. The summed E-state index contributed by atoms with van der Waals surface area (Å²) in [7, 11) is -0.0653. The van der Waals surface area contributed by atoms with E-state index in [0.29, 0.717) is 5.06 Å². The fraction of sp³-hybridized carbons (Fsp3) is 0.556. The predicted molar refractivity (Wildman–Crippen MR) is 63.3 cm³/mol. The molecule has 3 N–H and O–H groups in total. The highest BCUT2D eigenvalue weighted by Gasteiger charge is 2.12. The summed E-state index contributed by atoms with van der Waals surface area (Å²) in [5.41, 5.74) is 0. The van der Waals surface area contributed by atoms with Gasteiger partial charge in [0.1, 0.15) is 0 Å². The lowest BCUT2D eigenvalue weighted by atomic mass is 10.3. The van der Waals surface area contributed by atoms with Crippen molar-refractivity contribution in [3.63, 3.8) is 0 Å². The molecule has 1 heterocycles. The van der Waals surface area contributed by atoms with Gasteiger partial charge in [-0.2, -0.15) is 0 Å². The van der Waals surface area contributed by atoms with Gasteiger partial charge in [-0.25, -0.2) is 0 Å². The van der Waals surface area contributed by atoms with Gasteiger partial charge < -0.3 is 24.8 Å². The van der Waals surface area contributed by atoms with Crippen molar-refractivity contribution in [2.75, 3.05) is 20.3 Å². The van der Waals surface area contributed by atoms with Crippen molar-refractivity contribution >= 4 is 18.7 Å². The quantitative estimate of drug-likeness (QED) is 0.451. The van der Waals surface area contributed by atoms with E-state index in [9.17, 15) is 0 Å². The predicted octanol–water partition coefficient (Wildman–Crippen LogP) is 0.222. The largest absolute Gasteiger partial charge is 0.708 e. The second-order valence-electron chi connectivity index (χ2n) is 3.19. The molecule has 1 rings (SSSR count). The normalized spacial score (nSPS) is 10.4. The Kier molecular flexibility index (Phi) is 6.43. The molecule has 0 spiro atoms. The first-order valence-corrected chi connectivity index (χ1v) is 5.85. The van der Waals surface area contributed by atoms with E-state index in [0.717, 1.165) is 31.0 Å². The molecule has 0 amide bonds. The van der Waals surface area contributed by atoms with Gasteiger partial charge in [-0.05, 0) is 25.1 Å². The van der Waals surface area contributed by atoms with Crippen molar-refractivity contribution in [1.82, 2.24) is 5.32 Å². The minimum atomic E-state index is -1.75. The van der Waals surface area contributed by atoms with Crippen LogP contribution in [0.2, 0.25) is 0 Å². The van der Waals surface area contributed by atoms with Crippen LogP contribution in [0.15, 0.2) is 12.1 Å². The zero-order valence-corrected chi connectivity index (χ0v) is 10.00. The smallest absolute Gasteiger partial charge is 0.504 e. The summed E-state index contributed by atoms with van der Waals surface area (Å²) >= 11 is 1.39. The van der Waals surface area contributed by atoms with Crippen LogP contribution >= 0.6 is 11.3 Å². The van der Waals surface area contributed by atoms with E-state index in [-0.39, 0.29) is 0 Å². The average Bonchev–Trinajstić information content (AvgIpc) is 2.64. The Morgan fingerprint density at radius 1 is 1.44 bits per heavy atom. The molecule has 0 aromatic carbocycles. The van der Waals surface area contributed by atoms with Crippen LogP contribution in [0, 0.1) is 0 Å². The maximum absolute atomic E-state index is 8.60. The number of thiophene rings is 1. The topological polar surface area (TPSA) is 71.0 Å². The summed E-state index contributed by atoms with van der Waals surface area (Å²) in [6, 6.07) is 3.61. The molecular formula is C9H16BNO4S. The van der Waals surface area contributed by atoms with Gasteiger partial charge in [-0.1, -0.05) is 0 Å². The van der Waals surface area contributed by atoms with Gasteiger partial charge in [0.25, 0.3) is 0 Å². The summed E-state index contributed by atoms with van der Waals surface area (Å²) in [5, 5.41) is 21.0. The van der Waals surface area contributed by atoms with E-state index >= 15 is 0 Å². The van der Waals surface area contributed by atoms with Gasteiger partial charge in [0.05, 0.1) is 0 Å². The molecule has 7 heteroatoms. The molecule has 1 aromatic rings. The van der Waals surface area contributed by atoms with Gasteiger partial charge >= 0.3 is 7.32 Å². The van der Waals surface area contributed by atoms with Gasteiger partial charge in [0.2, 0.25) is 0 Å². The highest BCUT2D eigenvalue weighted by atomic mass is 32.1. The number of ether oxygens (including phenoxy) is 1. The summed E-state index contributed by atoms with van der Waals surface area (Å²) in [5.74, 6) is 0. The minimum Gasteiger partial charge on any atom is -0.504 e. The summed E-state index contributed by atoms with van der Waals surface area (Å²) in [6.07, 6.45) is 0.973. The van der Waals surface area contributed by atoms with E-state index in [1.165, 1.54) is 11.3 Å². The molecule has 0 saturated heterocycles. The average molecular weight is 245 g/mol. The second kappa shape index (κ2) is 7.64. The van der Waals surface area contributed by atoms with Crippen LogP contribution in [-0.4, -0.2) is 37.6 Å². The molecular weight excluding hydrogens is 229 g/mol. The van der Waals surface area contributed by atoms with Gasteiger partial charge in [0.15, 0.2) is 5.06 Å². The Hall–Kier alpha value is -0.595. The van der Waals surface area contributed by atoms with E-state index in [4.69, 9.17) is 19.4 Å². The molecule has 16 heavy (non-hydrogen) atoms. The summed E-state index contributed by atoms with van der Waals surface area (Å²) < 4.78 is 9.65. The van der Waals surface area contributed by atoms with Crippen LogP contribution < -0.4 is 9.97 Å². The molecule has 0 unspecified atom stereocenters. The maximum atomic E-state index is 8.60. The minimum absolute atomic E-state index is 0.503. The van der Waals surface area contributed by atoms with Crippen molar-refractivity contribution in [2.45, 2.75) is 13.0 Å². The van der Waals surface area contributed by atoms with Crippen molar-refractivity contribution in [2.24, 2.45) is 0 Å². The zero-order valence-electron chi connectivity index (χ0n) is 9.18. The van der Waals surface area contributed by atoms with E-state index < -0.39 is 7.32 Å². The Morgan fingerprint density at radius 2 is 2.25 bits per heavy atom. The standard InChI is InChI=1S/C9H16BNO4S/c1-14-6-2-5-11-7-8-3-4-9(16-8)15-10(12)13/h3-4,11-13H,2,5-7H2,1H3. The van der Waals surface area contributed by atoms with E-state index in [1.807, 2.05) is 6.07 Å². The molecule has 90 valence electrons. The molecule has 0 atom stereocenters. The molecule has 5 nitrogen and oxygen atoms in total. The number of rotatable bonds is 8. The van der Waals surface area contributed by atoms with Crippen molar-refractivity contribution in [1.29, 1.82) is 0 Å². The first kappa shape index (κ1) is 13.5. The number of nitrogens with one attached hydrogen (secondary N) is 1. The lowest BCUT2D eigenvalue weighted by Crippen LogP contribution is -2.19. The number of methoxy groups -OCH3 is 1. The third-order valence-corrected chi connectivity index (χ3v) is 2.84. The lowest BCUT2D eigenvalue weighted by molar-refractivity contribution is 0.194. The van der Waals surface area contributed by atoms with E-state index in [2.05, 4.69) is 5.32 Å². The molecule has 1 aromatic heterocycles. The number of hydrogen-bond acceptors (Lipinski definition) is 6. The summed E-state index contributed by atoms with van der Waals surface area (Å²) in [6.45, 7) is 2.40. The molecule has 0 saturated carbocycles. The first-order chi connectivity index (χ1) is 7.72. The summed E-state index contributed by atoms with van der Waals surface area (Å²) in [4.78, 5) is 1.09. The van der Waals surface area contributed by atoms with Crippen LogP contribution in [0.5, 0.6) is 5.06 Å². The van der Waals surface area contributed by atoms with Gasteiger partial charge in [-0.3, -0.25) is 0 Å². The van der Waals surface area contributed by atoms with Crippen LogP contribution in [0.25, 0.3) is 0 Å². The second-order valence-corrected chi connectivity index (χ2v) is 4.32. The Bertz CT molecular complexity index is 295. The molecule has 0 aliphatic heterocycles. The maximum Gasteiger partial charge on any atom is 0.708 e. The first-order valence-electron chi connectivity index (χ1n) is 5.03. The van der Waals surface area contributed by atoms with Crippen molar-refractivity contribution < 1.29 is 19.4 Å². The molecule has 0 bridgehead atoms. The SMILES string of the molecule is COCCCNCc1ccc(OB(O)O)s1. The highest BCUT2D eigenvalue weighted by molar-refractivity contribution is 7.14. The van der Waals surface area contributed by atoms with Crippen LogP contribution in [0.4, 0.5) is 0 Å². The molecule has 0 aliphatic carbocycles. The molecule has 0 aliphatic rings. The Morgan fingerprint density at radius 3 is 2.94 bits per heavy atom. The van der Waals surface area contributed by atoms with E-state index in [1.54, 1.807) is 13.2 Å². The van der Waals surface area contributed by atoms with Crippen LogP contribution in [-0.2, 0) is 11.3 Å². The monoisotopic (exact) mass is 245 g/mol. The third kappa shape index (κ3) is 5.48. The third-order valence-electron chi connectivity index (χ3n) is 1.86. The zero-order chi connectivity index (χ0) is 11.8. The Balaban J connectivity index is 2.19. The number of hydrogen-bond donors (Lipinski definition) is 3. The fourth-order valence-corrected chi connectivity index (χ4v) is 2.01. The van der Waals surface area contributed by atoms with Gasteiger partial charge in [0, 0.05) is 25.1 Å². The lowest BCUT2D eigenvalue weighted by Gasteiger charge is -2.02. The van der Waals surface area contributed by atoms with Gasteiger partial charge in [-0.15, -0.1) is 11.3 Å². The highest BCUT2D eigenvalue weighted by Crippen LogP contribution is 2.24. The van der Waals surface area contributed by atoms with Crippen molar-refractivity contribution in [3.8, 4) is 5.06 Å². The van der Waals surface area contributed by atoms with Crippen LogP contribution in [0.1, 0.15) is 11.3 Å². The Labute approximate surface area is 99.2 Å². The molecule has 0 radical (unpaired) electrons.